The highest BCUT2D eigenvalue weighted by molar-refractivity contribution is 6.02. The third-order valence-corrected chi connectivity index (χ3v) is 4.27. The Balaban J connectivity index is 1.78. The molecule has 0 bridgehead atoms. The number of para-hydroxylation sites is 1. The minimum Gasteiger partial charge on any atom is -0.494 e. The minimum atomic E-state index is -0.671. The SMILES string of the molecule is CCCOc1ccc(C(=O)CCC(=O)OCC(=O)Nc2ccccc2C(=O)OCC)cc1. The number of amides is 1. The van der Waals surface area contributed by atoms with Crippen molar-refractivity contribution < 1.29 is 33.4 Å². The maximum absolute atomic E-state index is 12.2. The monoisotopic (exact) mass is 441 g/mol. The van der Waals surface area contributed by atoms with Gasteiger partial charge in [-0.3, -0.25) is 14.4 Å². The molecule has 0 saturated carbocycles. The van der Waals surface area contributed by atoms with Crippen LogP contribution in [0.1, 0.15) is 53.8 Å². The molecular weight excluding hydrogens is 414 g/mol. The Morgan fingerprint density at radius 1 is 0.875 bits per heavy atom. The summed E-state index contributed by atoms with van der Waals surface area (Å²) in [4.78, 5) is 48.2. The molecule has 0 aliphatic carbocycles. The van der Waals surface area contributed by atoms with Crippen molar-refractivity contribution in [1.82, 2.24) is 0 Å². The van der Waals surface area contributed by atoms with Crippen LogP contribution in [-0.4, -0.2) is 43.4 Å². The summed E-state index contributed by atoms with van der Waals surface area (Å²) in [5.74, 6) is -1.38. The fourth-order valence-electron chi connectivity index (χ4n) is 2.70. The van der Waals surface area contributed by atoms with Crippen LogP contribution < -0.4 is 10.1 Å². The predicted octanol–water partition coefficient (Wildman–Crippen LogP) is 3.80. The third-order valence-electron chi connectivity index (χ3n) is 4.27. The highest BCUT2D eigenvalue weighted by Gasteiger charge is 2.16. The molecule has 0 saturated heterocycles. The molecule has 8 nitrogen and oxygen atoms in total. The first kappa shape index (κ1) is 24.6. The normalized spacial score (nSPS) is 10.2. The average molecular weight is 441 g/mol. The van der Waals surface area contributed by atoms with E-state index in [0.717, 1.165) is 6.42 Å². The van der Waals surface area contributed by atoms with Crippen molar-refractivity contribution in [3.05, 3.63) is 59.7 Å². The van der Waals surface area contributed by atoms with E-state index in [9.17, 15) is 19.2 Å². The number of rotatable bonds is 12. The zero-order valence-corrected chi connectivity index (χ0v) is 18.2. The van der Waals surface area contributed by atoms with E-state index in [1.807, 2.05) is 6.92 Å². The summed E-state index contributed by atoms with van der Waals surface area (Å²) >= 11 is 0. The van der Waals surface area contributed by atoms with Gasteiger partial charge >= 0.3 is 11.9 Å². The maximum atomic E-state index is 12.2. The maximum Gasteiger partial charge on any atom is 0.340 e. The van der Waals surface area contributed by atoms with Gasteiger partial charge in [-0.2, -0.15) is 0 Å². The molecule has 0 aromatic heterocycles. The van der Waals surface area contributed by atoms with Crippen molar-refractivity contribution in [2.75, 3.05) is 25.1 Å². The molecule has 0 aliphatic rings. The van der Waals surface area contributed by atoms with Crippen LogP contribution in [0, 0.1) is 0 Å². The topological polar surface area (TPSA) is 108 Å². The molecule has 0 radical (unpaired) electrons. The van der Waals surface area contributed by atoms with E-state index in [0.29, 0.717) is 17.9 Å². The summed E-state index contributed by atoms with van der Waals surface area (Å²) in [5.41, 5.74) is 0.925. The van der Waals surface area contributed by atoms with Crippen LogP contribution in [0.15, 0.2) is 48.5 Å². The van der Waals surface area contributed by atoms with Crippen molar-refractivity contribution in [1.29, 1.82) is 0 Å². The summed E-state index contributed by atoms with van der Waals surface area (Å²) in [7, 11) is 0. The van der Waals surface area contributed by atoms with E-state index >= 15 is 0 Å². The number of Topliss-reactive ketones (excluding diaryl/α,β-unsaturated/α-hetero) is 1. The lowest BCUT2D eigenvalue weighted by molar-refractivity contribution is -0.147. The summed E-state index contributed by atoms with van der Waals surface area (Å²) in [6.45, 7) is 3.95. The van der Waals surface area contributed by atoms with E-state index in [2.05, 4.69) is 5.32 Å². The van der Waals surface area contributed by atoms with Crippen LogP contribution in [0.25, 0.3) is 0 Å². The summed E-state index contributed by atoms with van der Waals surface area (Å²) in [6, 6.07) is 13.1. The highest BCUT2D eigenvalue weighted by Crippen LogP contribution is 2.17. The fourth-order valence-corrected chi connectivity index (χ4v) is 2.70. The second kappa shape index (κ2) is 12.9. The molecule has 1 N–H and O–H groups in total. The first-order chi connectivity index (χ1) is 15.4. The van der Waals surface area contributed by atoms with Crippen molar-refractivity contribution in [3.63, 3.8) is 0 Å². The molecule has 170 valence electrons. The van der Waals surface area contributed by atoms with Crippen molar-refractivity contribution in [2.45, 2.75) is 33.1 Å². The lowest BCUT2D eigenvalue weighted by Crippen LogP contribution is -2.22. The van der Waals surface area contributed by atoms with E-state index in [4.69, 9.17) is 14.2 Å². The number of carbonyl (C=O) groups is 4. The van der Waals surface area contributed by atoms with Gasteiger partial charge in [-0.15, -0.1) is 0 Å². The van der Waals surface area contributed by atoms with Crippen molar-refractivity contribution in [2.24, 2.45) is 0 Å². The number of benzene rings is 2. The predicted molar refractivity (Wildman–Crippen MR) is 118 cm³/mol. The van der Waals surface area contributed by atoms with Gasteiger partial charge in [-0.05, 0) is 49.7 Å². The Bertz CT molecular complexity index is 938. The number of ketones is 1. The molecule has 0 aliphatic heterocycles. The molecule has 0 spiro atoms. The molecule has 32 heavy (non-hydrogen) atoms. The van der Waals surface area contributed by atoms with Gasteiger partial charge in [0.25, 0.3) is 5.91 Å². The number of hydrogen-bond donors (Lipinski definition) is 1. The van der Waals surface area contributed by atoms with Crippen molar-refractivity contribution >= 4 is 29.3 Å². The van der Waals surface area contributed by atoms with E-state index in [1.165, 1.54) is 6.07 Å². The fraction of sp³-hybridized carbons (Fsp3) is 0.333. The van der Waals surface area contributed by atoms with Gasteiger partial charge in [0, 0.05) is 12.0 Å². The number of hydrogen-bond acceptors (Lipinski definition) is 7. The van der Waals surface area contributed by atoms with Gasteiger partial charge in [-0.1, -0.05) is 19.1 Å². The zero-order valence-electron chi connectivity index (χ0n) is 18.2. The zero-order chi connectivity index (χ0) is 23.3. The van der Waals surface area contributed by atoms with Gasteiger partial charge in [-0.25, -0.2) is 4.79 Å². The first-order valence-electron chi connectivity index (χ1n) is 10.4. The second-order valence-electron chi connectivity index (χ2n) is 6.77. The van der Waals surface area contributed by atoms with Crippen LogP contribution >= 0.6 is 0 Å². The van der Waals surface area contributed by atoms with Crippen molar-refractivity contribution in [3.8, 4) is 5.75 Å². The van der Waals surface area contributed by atoms with Gasteiger partial charge in [0.1, 0.15) is 5.75 Å². The largest absolute Gasteiger partial charge is 0.494 e. The molecule has 0 unspecified atom stereocenters. The first-order valence-corrected chi connectivity index (χ1v) is 10.4. The van der Waals surface area contributed by atoms with Crippen LogP contribution in [-0.2, 0) is 19.1 Å². The van der Waals surface area contributed by atoms with E-state index < -0.39 is 24.5 Å². The summed E-state index contributed by atoms with van der Waals surface area (Å²) < 4.78 is 15.4. The molecule has 2 aromatic carbocycles. The Morgan fingerprint density at radius 3 is 2.28 bits per heavy atom. The van der Waals surface area contributed by atoms with E-state index in [-0.39, 0.29) is 36.5 Å². The van der Waals surface area contributed by atoms with Crippen LogP contribution in [0.4, 0.5) is 5.69 Å². The average Bonchev–Trinajstić information content (AvgIpc) is 2.80. The Labute approximate surface area is 186 Å². The van der Waals surface area contributed by atoms with E-state index in [1.54, 1.807) is 49.4 Å². The molecular formula is C24H27NO7. The molecule has 1 amide bonds. The Kier molecular flexibility index (Phi) is 9.90. The number of carbonyl (C=O) groups excluding carboxylic acids is 4. The molecule has 0 fully saturated rings. The van der Waals surface area contributed by atoms with Gasteiger partial charge in [0.05, 0.1) is 30.9 Å². The second-order valence-corrected chi connectivity index (χ2v) is 6.77. The van der Waals surface area contributed by atoms with Crippen LogP contribution in [0.3, 0.4) is 0 Å². The minimum absolute atomic E-state index is 0.0404. The lowest BCUT2D eigenvalue weighted by Gasteiger charge is -2.10. The summed E-state index contributed by atoms with van der Waals surface area (Å²) in [5, 5.41) is 2.52. The molecule has 8 heteroatoms. The van der Waals surface area contributed by atoms with Gasteiger partial charge in [0.2, 0.25) is 0 Å². The Hall–Kier alpha value is -3.68. The highest BCUT2D eigenvalue weighted by atomic mass is 16.5. The smallest absolute Gasteiger partial charge is 0.340 e. The van der Waals surface area contributed by atoms with Crippen LogP contribution in [0.5, 0.6) is 5.75 Å². The number of esters is 2. The van der Waals surface area contributed by atoms with Gasteiger partial charge < -0.3 is 19.5 Å². The Morgan fingerprint density at radius 2 is 1.59 bits per heavy atom. The number of nitrogens with one attached hydrogen (secondary N) is 1. The molecule has 2 aromatic rings. The number of anilines is 1. The number of ether oxygens (including phenoxy) is 3. The quantitative estimate of drug-likeness (QED) is 0.394. The lowest BCUT2D eigenvalue weighted by atomic mass is 10.1. The van der Waals surface area contributed by atoms with Gasteiger partial charge in [0.15, 0.2) is 12.4 Å². The third kappa shape index (κ3) is 7.86. The molecule has 2 rings (SSSR count). The summed E-state index contributed by atoms with van der Waals surface area (Å²) in [6.07, 6.45) is 0.694. The standard InChI is InChI=1S/C24H27NO7/c1-3-15-31-18-11-9-17(10-12-18)21(26)13-14-23(28)32-16-22(27)25-20-8-6-5-7-19(20)24(29)30-4-2/h5-12H,3-4,13-16H2,1-2H3,(H,25,27). The molecule has 0 heterocycles. The van der Waals surface area contributed by atoms with Crippen LogP contribution in [0.2, 0.25) is 0 Å². The molecule has 0 atom stereocenters.